The highest BCUT2D eigenvalue weighted by Crippen LogP contribution is 2.27. The number of aliphatic imine (C=N–C) groups is 1. The average Bonchev–Trinajstić information content (AvgIpc) is 3.51. The van der Waals surface area contributed by atoms with E-state index >= 15 is 0 Å². The lowest BCUT2D eigenvalue weighted by Crippen LogP contribution is -2.48. The van der Waals surface area contributed by atoms with Gasteiger partial charge in [-0.2, -0.15) is 4.68 Å². The summed E-state index contributed by atoms with van der Waals surface area (Å²) in [6.45, 7) is 6.73. The maximum absolute atomic E-state index is 5.55. The van der Waals surface area contributed by atoms with Crippen molar-refractivity contribution in [3.8, 4) is 11.6 Å². The molecule has 6 rings (SSSR count). The van der Waals surface area contributed by atoms with E-state index in [0.29, 0.717) is 11.6 Å². The zero-order valence-electron chi connectivity index (χ0n) is 17.4. The SMILES string of the molecule is C1=C(CN2CCN(c3ccccc3)CC2)c2nc(-c3ccco3)nn2C2=NCCCN12. The zero-order valence-corrected chi connectivity index (χ0v) is 17.4. The van der Waals surface area contributed by atoms with Crippen LogP contribution in [0.4, 0.5) is 5.69 Å². The van der Waals surface area contributed by atoms with Gasteiger partial charge in [0, 0.05) is 63.3 Å². The van der Waals surface area contributed by atoms with E-state index in [-0.39, 0.29) is 0 Å². The Bertz CT molecular complexity index is 1110. The molecule has 3 aliphatic rings. The van der Waals surface area contributed by atoms with Crippen molar-refractivity contribution in [1.82, 2.24) is 24.6 Å². The van der Waals surface area contributed by atoms with Crippen LogP contribution in [0.2, 0.25) is 0 Å². The van der Waals surface area contributed by atoms with Gasteiger partial charge in [0.15, 0.2) is 11.6 Å². The summed E-state index contributed by atoms with van der Waals surface area (Å²) >= 11 is 0. The molecule has 0 saturated carbocycles. The Kier molecular flexibility index (Phi) is 4.57. The molecule has 31 heavy (non-hydrogen) atoms. The third kappa shape index (κ3) is 3.42. The highest BCUT2D eigenvalue weighted by molar-refractivity contribution is 5.90. The number of hydrogen-bond acceptors (Lipinski definition) is 7. The lowest BCUT2D eigenvalue weighted by atomic mass is 10.1. The normalized spacial score (nSPS) is 19.0. The molecule has 0 radical (unpaired) electrons. The van der Waals surface area contributed by atoms with Crippen LogP contribution < -0.4 is 4.90 Å². The second-order valence-corrected chi connectivity index (χ2v) is 8.13. The first-order valence-electron chi connectivity index (χ1n) is 10.9. The fraction of sp³-hybridized carbons (Fsp3) is 0.348. The molecule has 158 valence electrons. The van der Waals surface area contributed by atoms with Crippen LogP contribution in [0.3, 0.4) is 0 Å². The quantitative estimate of drug-likeness (QED) is 0.653. The van der Waals surface area contributed by atoms with Crippen LogP contribution in [0.15, 0.2) is 64.3 Å². The minimum atomic E-state index is 0.606. The molecule has 2 aromatic heterocycles. The van der Waals surface area contributed by atoms with Crippen LogP contribution in [0.5, 0.6) is 0 Å². The molecule has 0 bridgehead atoms. The number of anilines is 1. The fourth-order valence-corrected chi connectivity index (χ4v) is 4.49. The van der Waals surface area contributed by atoms with Gasteiger partial charge in [0.2, 0.25) is 11.8 Å². The molecule has 8 heteroatoms. The van der Waals surface area contributed by atoms with Crippen molar-refractivity contribution in [1.29, 1.82) is 0 Å². The van der Waals surface area contributed by atoms with Gasteiger partial charge in [0.25, 0.3) is 0 Å². The second kappa shape index (κ2) is 7.70. The Morgan fingerprint density at radius 1 is 0.935 bits per heavy atom. The third-order valence-corrected chi connectivity index (χ3v) is 6.09. The standard InChI is InChI=1S/C23H25N7O/c1-2-6-19(7-3-1)28-13-11-27(12-14-28)16-18-17-29-10-5-9-24-23(29)30-22(18)25-21(26-30)20-8-4-15-31-20/h1-4,6-8,15,17H,5,9-14,16H2. The van der Waals surface area contributed by atoms with Crippen LogP contribution in [-0.2, 0) is 0 Å². The Labute approximate surface area is 181 Å². The number of nitrogens with zero attached hydrogens (tertiary/aromatic N) is 7. The van der Waals surface area contributed by atoms with Gasteiger partial charge in [-0.3, -0.25) is 9.89 Å². The van der Waals surface area contributed by atoms with E-state index in [1.165, 1.54) is 11.3 Å². The summed E-state index contributed by atoms with van der Waals surface area (Å²) in [7, 11) is 0. The Morgan fingerprint density at radius 2 is 1.81 bits per heavy atom. The molecular weight excluding hydrogens is 390 g/mol. The first-order chi connectivity index (χ1) is 15.3. The Balaban J connectivity index is 1.24. The van der Waals surface area contributed by atoms with Crippen LogP contribution in [0, 0.1) is 0 Å². The second-order valence-electron chi connectivity index (χ2n) is 8.13. The number of benzene rings is 1. The zero-order chi connectivity index (χ0) is 20.6. The van der Waals surface area contributed by atoms with E-state index in [1.807, 2.05) is 16.8 Å². The van der Waals surface area contributed by atoms with Gasteiger partial charge in [0.05, 0.1) is 6.26 Å². The third-order valence-electron chi connectivity index (χ3n) is 6.09. The molecule has 3 aromatic rings. The molecular formula is C23H25N7O. The van der Waals surface area contributed by atoms with Crippen molar-refractivity contribution in [3.05, 3.63) is 60.8 Å². The number of furan rings is 1. The molecule has 1 fully saturated rings. The van der Waals surface area contributed by atoms with Crippen molar-refractivity contribution in [2.75, 3.05) is 50.7 Å². The summed E-state index contributed by atoms with van der Waals surface area (Å²) in [5.41, 5.74) is 2.48. The van der Waals surface area contributed by atoms with Gasteiger partial charge < -0.3 is 14.2 Å². The predicted molar refractivity (Wildman–Crippen MR) is 120 cm³/mol. The monoisotopic (exact) mass is 415 g/mol. The summed E-state index contributed by atoms with van der Waals surface area (Å²) in [4.78, 5) is 16.7. The summed E-state index contributed by atoms with van der Waals surface area (Å²) in [5, 5.41) is 4.74. The molecule has 0 spiro atoms. The first-order valence-corrected chi connectivity index (χ1v) is 10.9. The van der Waals surface area contributed by atoms with E-state index in [9.17, 15) is 0 Å². The fourth-order valence-electron chi connectivity index (χ4n) is 4.49. The van der Waals surface area contributed by atoms with E-state index in [1.54, 1.807) is 6.26 Å². The highest BCUT2D eigenvalue weighted by Gasteiger charge is 2.30. The van der Waals surface area contributed by atoms with Crippen molar-refractivity contribution >= 4 is 17.2 Å². The molecule has 5 heterocycles. The van der Waals surface area contributed by atoms with Gasteiger partial charge in [-0.15, -0.1) is 5.10 Å². The topological polar surface area (TPSA) is 65.9 Å². The van der Waals surface area contributed by atoms with E-state index < -0.39 is 0 Å². The van der Waals surface area contributed by atoms with Gasteiger partial charge in [-0.05, 0) is 30.7 Å². The maximum Gasteiger partial charge on any atom is 0.228 e. The van der Waals surface area contributed by atoms with Crippen LogP contribution >= 0.6 is 0 Å². The maximum atomic E-state index is 5.55. The average molecular weight is 416 g/mol. The van der Waals surface area contributed by atoms with Crippen molar-refractivity contribution in [2.45, 2.75) is 6.42 Å². The minimum Gasteiger partial charge on any atom is -0.461 e. The molecule has 3 aliphatic heterocycles. The largest absolute Gasteiger partial charge is 0.461 e. The van der Waals surface area contributed by atoms with E-state index in [2.05, 4.69) is 51.2 Å². The molecule has 1 aromatic carbocycles. The Morgan fingerprint density at radius 3 is 2.61 bits per heavy atom. The molecule has 1 saturated heterocycles. The smallest absolute Gasteiger partial charge is 0.228 e. The summed E-state index contributed by atoms with van der Waals surface area (Å²) in [6, 6.07) is 14.4. The van der Waals surface area contributed by atoms with Crippen molar-refractivity contribution < 1.29 is 4.42 Å². The first kappa shape index (κ1) is 18.4. The number of aromatic nitrogens is 3. The van der Waals surface area contributed by atoms with Crippen LogP contribution in [0.25, 0.3) is 17.2 Å². The van der Waals surface area contributed by atoms with Crippen molar-refractivity contribution in [3.63, 3.8) is 0 Å². The van der Waals surface area contributed by atoms with E-state index in [0.717, 1.165) is 64.0 Å². The summed E-state index contributed by atoms with van der Waals surface area (Å²) < 4.78 is 7.44. The van der Waals surface area contributed by atoms with Gasteiger partial charge in [0.1, 0.15) is 0 Å². The van der Waals surface area contributed by atoms with E-state index in [4.69, 9.17) is 19.5 Å². The summed E-state index contributed by atoms with van der Waals surface area (Å²) in [6.07, 6.45) is 4.93. The predicted octanol–water partition coefficient (Wildman–Crippen LogP) is 2.62. The van der Waals surface area contributed by atoms with Gasteiger partial charge in [-0.1, -0.05) is 18.2 Å². The molecule has 0 N–H and O–H groups in total. The number of para-hydroxylation sites is 1. The molecule has 0 atom stereocenters. The van der Waals surface area contributed by atoms with Gasteiger partial charge >= 0.3 is 0 Å². The summed E-state index contributed by atoms with van der Waals surface area (Å²) in [5.74, 6) is 3.02. The molecule has 0 amide bonds. The number of hydrogen-bond donors (Lipinski definition) is 0. The number of rotatable bonds is 4. The van der Waals surface area contributed by atoms with Gasteiger partial charge in [-0.25, -0.2) is 4.98 Å². The Hall–Kier alpha value is -3.39. The lowest BCUT2D eigenvalue weighted by Gasteiger charge is -2.37. The number of fused-ring (bicyclic) bond motifs is 3. The van der Waals surface area contributed by atoms with Crippen LogP contribution in [-0.4, -0.2) is 76.3 Å². The minimum absolute atomic E-state index is 0.606. The molecule has 0 unspecified atom stereocenters. The number of piperazine rings is 1. The highest BCUT2D eigenvalue weighted by atomic mass is 16.3. The molecule has 0 aliphatic carbocycles. The van der Waals surface area contributed by atoms with Crippen molar-refractivity contribution in [2.24, 2.45) is 4.99 Å². The molecule has 8 nitrogen and oxygen atoms in total. The van der Waals surface area contributed by atoms with Crippen LogP contribution in [0.1, 0.15) is 12.2 Å². The lowest BCUT2D eigenvalue weighted by molar-refractivity contribution is 0.286.